The first-order valence-corrected chi connectivity index (χ1v) is 14.3. The summed E-state index contributed by atoms with van der Waals surface area (Å²) in [6.07, 6.45) is -2.27. The van der Waals surface area contributed by atoms with Crippen molar-refractivity contribution in [3.05, 3.63) is 58.7 Å². The molecule has 2 aromatic rings. The Kier molecular flexibility index (Phi) is 7.93. The molecule has 1 aliphatic heterocycles. The quantitative estimate of drug-likeness (QED) is 0.254. The summed E-state index contributed by atoms with van der Waals surface area (Å²) in [5.41, 5.74) is -0.624. The van der Waals surface area contributed by atoms with Gasteiger partial charge in [0.05, 0.1) is 16.5 Å². The maximum absolute atomic E-state index is 15.3. The van der Waals surface area contributed by atoms with Crippen molar-refractivity contribution in [2.45, 2.75) is 82.3 Å². The van der Waals surface area contributed by atoms with Crippen LogP contribution in [0, 0.1) is 5.82 Å². The molecule has 1 atom stereocenters. The van der Waals surface area contributed by atoms with E-state index in [9.17, 15) is 31.2 Å². The topological polar surface area (TPSA) is 110 Å². The lowest BCUT2D eigenvalue weighted by atomic mass is 9.79. The molecule has 1 aromatic carbocycles. The van der Waals surface area contributed by atoms with E-state index in [-0.39, 0.29) is 42.5 Å². The van der Waals surface area contributed by atoms with Gasteiger partial charge in [0.2, 0.25) is 10.0 Å². The molecular weight excluding hydrogens is 540 g/mol. The zero-order valence-corrected chi connectivity index (χ0v) is 22.4. The maximum atomic E-state index is 15.3. The van der Waals surface area contributed by atoms with Gasteiger partial charge in [-0.3, -0.25) is 14.3 Å². The van der Waals surface area contributed by atoms with Crippen LogP contribution in [-0.4, -0.2) is 41.4 Å². The number of aromatic nitrogens is 2. The first-order valence-electron chi connectivity index (χ1n) is 12.7. The monoisotopic (exact) mass is 570 g/mol. The number of carbonyl (C=O) groups excluding carboxylic acids is 2. The highest BCUT2D eigenvalue weighted by Crippen LogP contribution is 2.39. The number of benzene rings is 1. The van der Waals surface area contributed by atoms with Crippen molar-refractivity contribution in [1.82, 2.24) is 19.8 Å². The van der Waals surface area contributed by atoms with E-state index in [1.807, 2.05) is 11.6 Å². The number of hydrogen-bond acceptors (Lipinski definition) is 5. The zero-order valence-electron chi connectivity index (χ0n) is 21.6. The van der Waals surface area contributed by atoms with E-state index in [1.54, 1.807) is 29.9 Å². The molecule has 2 amide bonds. The first kappa shape index (κ1) is 28.8. The molecule has 1 fully saturated rings. The molecule has 1 saturated carbocycles. The van der Waals surface area contributed by atoms with Crippen LogP contribution in [0.25, 0.3) is 5.57 Å². The van der Waals surface area contributed by atoms with Crippen molar-refractivity contribution in [1.29, 1.82) is 0 Å². The van der Waals surface area contributed by atoms with Gasteiger partial charge in [-0.25, -0.2) is 17.5 Å². The van der Waals surface area contributed by atoms with Crippen LogP contribution in [0.4, 0.5) is 17.6 Å². The van der Waals surface area contributed by atoms with Crippen LogP contribution in [0.3, 0.4) is 0 Å². The minimum atomic E-state index is -4.24. The van der Waals surface area contributed by atoms with E-state index < -0.39 is 56.6 Å². The molecule has 8 nitrogen and oxygen atoms in total. The summed E-state index contributed by atoms with van der Waals surface area (Å²) < 4.78 is 80.9. The number of hydrogen-bond donors (Lipinski definition) is 2. The summed E-state index contributed by atoms with van der Waals surface area (Å²) in [6, 6.07) is 5.91. The number of alkyl halides is 3. The highest BCUT2D eigenvalue weighted by molar-refractivity contribution is 7.91. The van der Waals surface area contributed by atoms with Crippen molar-refractivity contribution in [2.75, 3.05) is 0 Å². The third-order valence-electron chi connectivity index (χ3n) is 6.95. The van der Waals surface area contributed by atoms with Crippen molar-refractivity contribution in [3.8, 4) is 0 Å². The van der Waals surface area contributed by atoms with Gasteiger partial charge in [-0.1, -0.05) is 12.1 Å². The maximum Gasteiger partial charge on any atom is 0.389 e. The zero-order chi connectivity index (χ0) is 28.6. The number of amides is 2. The second-order valence-corrected chi connectivity index (χ2v) is 12.1. The van der Waals surface area contributed by atoms with Crippen molar-refractivity contribution in [2.24, 2.45) is 0 Å². The summed E-state index contributed by atoms with van der Waals surface area (Å²) >= 11 is 0. The van der Waals surface area contributed by atoms with Crippen molar-refractivity contribution < 1.29 is 35.6 Å². The summed E-state index contributed by atoms with van der Waals surface area (Å²) in [5.74, 6) is -2.60. The van der Waals surface area contributed by atoms with Gasteiger partial charge in [-0.2, -0.15) is 18.3 Å². The molecule has 4 rings (SSSR count). The fourth-order valence-electron chi connectivity index (χ4n) is 4.71. The molecule has 2 heterocycles. The van der Waals surface area contributed by atoms with Gasteiger partial charge >= 0.3 is 6.18 Å². The van der Waals surface area contributed by atoms with Crippen molar-refractivity contribution in [3.63, 3.8) is 0 Å². The van der Waals surface area contributed by atoms with E-state index in [2.05, 4.69) is 10.4 Å². The Hall–Kier alpha value is -3.22. The highest BCUT2D eigenvalue weighted by Gasteiger charge is 2.44. The number of nitrogens with zero attached hydrogens (tertiary/aromatic N) is 2. The molecule has 2 N–H and O–H groups in total. The van der Waals surface area contributed by atoms with Gasteiger partial charge < -0.3 is 5.32 Å². The lowest BCUT2D eigenvalue weighted by Crippen LogP contribution is -2.51. The van der Waals surface area contributed by atoms with E-state index in [4.69, 9.17) is 0 Å². The molecule has 0 radical (unpaired) electrons. The van der Waals surface area contributed by atoms with E-state index >= 15 is 4.39 Å². The molecule has 2 aliphatic rings. The van der Waals surface area contributed by atoms with Gasteiger partial charge in [0.15, 0.2) is 0 Å². The Bertz CT molecular complexity index is 1410. The smallest absolute Gasteiger partial charge is 0.342 e. The molecule has 13 heteroatoms. The Balaban J connectivity index is 1.63. The highest BCUT2D eigenvalue weighted by atomic mass is 32.2. The molecule has 1 aliphatic carbocycles. The van der Waals surface area contributed by atoms with Crippen molar-refractivity contribution >= 4 is 27.4 Å². The van der Waals surface area contributed by atoms with Crippen LogP contribution in [0.2, 0.25) is 0 Å². The third-order valence-corrected chi connectivity index (χ3v) is 8.77. The molecule has 1 aromatic heterocycles. The summed E-state index contributed by atoms with van der Waals surface area (Å²) in [7, 11) is -3.94. The summed E-state index contributed by atoms with van der Waals surface area (Å²) in [4.78, 5) is 26.4. The van der Waals surface area contributed by atoms with Gasteiger partial charge in [0.25, 0.3) is 11.8 Å². The SMILES string of the molecule is CCn1ccc(C2=C(C(=O)NS(=O)(=O)C3CC3)C(=O)N[C@](C)(c3ccc(CCCCC(F)(F)F)cc3F)C2)n1. The number of sulfonamides is 1. The average Bonchev–Trinajstić information content (AvgIpc) is 3.59. The molecule has 0 spiro atoms. The Morgan fingerprint density at radius 3 is 2.54 bits per heavy atom. The molecular formula is C26H30F4N4O4S. The fourth-order valence-corrected chi connectivity index (χ4v) is 6.00. The number of nitrogens with one attached hydrogen (secondary N) is 2. The number of rotatable bonds is 10. The molecule has 0 saturated heterocycles. The van der Waals surface area contributed by atoms with Gasteiger partial charge in [-0.15, -0.1) is 0 Å². The molecule has 39 heavy (non-hydrogen) atoms. The summed E-state index contributed by atoms with van der Waals surface area (Å²) in [5, 5.41) is 6.38. The second-order valence-electron chi connectivity index (χ2n) is 10.2. The van der Waals surface area contributed by atoms with Crippen LogP contribution in [-0.2, 0) is 38.1 Å². The second kappa shape index (κ2) is 10.7. The average molecular weight is 571 g/mol. The Morgan fingerprint density at radius 1 is 1.23 bits per heavy atom. The standard InChI is InChI=1S/C26H30F4N4O4S/c1-3-34-13-11-21(32-34)18-15-25(2,31-23(35)22(18)24(36)33-39(37,38)17-8-9-17)19-10-7-16(14-20(19)27)6-4-5-12-26(28,29)30/h7,10-11,13-14,17H,3-6,8-9,12,15H2,1-2H3,(H,31,35)(H,33,36)/t25-/m0/s1. The number of unbranched alkanes of at least 4 members (excludes halogenated alkanes) is 1. The molecule has 0 unspecified atom stereocenters. The van der Waals surface area contributed by atoms with Gasteiger partial charge in [0.1, 0.15) is 11.4 Å². The normalized spacial score (nSPS) is 20.2. The fraction of sp³-hybridized carbons (Fsp3) is 0.500. The number of halogens is 4. The van der Waals surface area contributed by atoms with Crippen LogP contribution in [0.15, 0.2) is 36.0 Å². The predicted molar refractivity (Wildman–Crippen MR) is 135 cm³/mol. The van der Waals surface area contributed by atoms with E-state index in [1.165, 1.54) is 12.1 Å². The largest absolute Gasteiger partial charge is 0.389 e. The van der Waals surface area contributed by atoms with Crippen LogP contribution in [0.1, 0.15) is 69.2 Å². The Labute approximate surface area is 223 Å². The van der Waals surface area contributed by atoms with Crippen LogP contribution < -0.4 is 10.0 Å². The molecule has 212 valence electrons. The minimum Gasteiger partial charge on any atom is -0.342 e. The summed E-state index contributed by atoms with van der Waals surface area (Å²) in [6.45, 7) is 3.94. The van der Waals surface area contributed by atoms with Crippen LogP contribution >= 0.6 is 0 Å². The predicted octanol–water partition coefficient (Wildman–Crippen LogP) is 4.11. The van der Waals surface area contributed by atoms with Gasteiger partial charge in [-0.05, 0) is 63.6 Å². The number of carbonyl (C=O) groups is 2. The lowest BCUT2D eigenvalue weighted by Gasteiger charge is -2.37. The number of aryl methyl sites for hydroxylation is 2. The van der Waals surface area contributed by atoms with Gasteiger partial charge in [0, 0.05) is 36.7 Å². The molecule has 0 bridgehead atoms. The minimum absolute atomic E-state index is 0.0620. The Morgan fingerprint density at radius 2 is 1.95 bits per heavy atom. The van der Waals surface area contributed by atoms with Crippen LogP contribution in [0.5, 0.6) is 0 Å². The first-order chi connectivity index (χ1) is 18.2. The van der Waals surface area contributed by atoms with E-state index in [0.717, 1.165) is 0 Å². The third kappa shape index (κ3) is 6.68. The lowest BCUT2D eigenvalue weighted by molar-refractivity contribution is -0.135. The van der Waals surface area contributed by atoms with E-state index in [0.29, 0.717) is 24.9 Å².